The second-order valence-electron chi connectivity index (χ2n) is 7.87. The van der Waals surface area contributed by atoms with Crippen LogP contribution < -0.4 is 0 Å². The van der Waals surface area contributed by atoms with Gasteiger partial charge in [-0.3, -0.25) is 9.88 Å². The summed E-state index contributed by atoms with van der Waals surface area (Å²) in [6, 6.07) is 5.06. The van der Waals surface area contributed by atoms with Gasteiger partial charge in [0, 0.05) is 56.6 Å². The molecule has 2 saturated heterocycles. The molecule has 134 valence electrons. The van der Waals surface area contributed by atoms with Crippen LogP contribution in [0.3, 0.4) is 0 Å². The van der Waals surface area contributed by atoms with Gasteiger partial charge in [-0.1, -0.05) is 0 Å². The fourth-order valence-corrected chi connectivity index (χ4v) is 4.08. The molecule has 2 aliphatic rings. The third-order valence-electron chi connectivity index (χ3n) is 5.71. The molecule has 2 fully saturated rings. The monoisotopic (exact) mass is 330 g/mol. The number of pyridine rings is 1. The predicted molar refractivity (Wildman–Crippen MR) is 101 cm³/mol. The summed E-state index contributed by atoms with van der Waals surface area (Å²) < 4.78 is 0. The Kier molecular flexibility index (Phi) is 6.25. The maximum atomic E-state index is 4.59. The van der Waals surface area contributed by atoms with Crippen molar-refractivity contribution in [1.82, 2.24) is 19.7 Å². The van der Waals surface area contributed by atoms with E-state index in [-0.39, 0.29) is 0 Å². The topological polar surface area (TPSA) is 22.6 Å². The second kappa shape index (κ2) is 8.41. The third-order valence-corrected chi connectivity index (χ3v) is 5.71. The Morgan fingerprint density at radius 2 is 1.83 bits per heavy atom. The molecule has 0 saturated carbocycles. The molecule has 3 heterocycles. The maximum absolute atomic E-state index is 4.59. The first-order valence-electron chi connectivity index (χ1n) is 9.73. The van der Waals surface area contributed by atoms with Crippen molar-refractivity contribution in [3.8, 4) is 0 Å². The molecule has 4 nitrogen and oxygen atoms in total. The van der Waals surface area contributed by atoms with Gasteiger partial charge in [-0.05, 0) is 70.9 Å². The zero-order valence-electron chi connectivity index (χ0n) is 15.7. The molecule has 0 unspecified atom stereocenters. The molecule has 3 rings (SSSR count). The lowest BCUT2D eigenvalue weighted by molar-refractivity contribution is 0.105. The highest BCUT2D eigenvalue weighted by atomic mass is 15.3. The lowest BCUT2D eigenvalue weighted by Gasteiger charge is -2.37. The molecule has 0 radical (unpaired) electrons. The van der Waals surface area contributed by atoms with Crippen LogP contribution in [0.1, 0.15) is 43.9 Å². The van der Waals surface area contributed by atoms with E-state index in [2.05, 4.69) is 52.6 Å². The highest BCUT2D eigenvalue weighted by molar-refractivity contribution is 5.19. The van der Waals surface area contributed by atoms with E-state index < -0.39 is 0 Å². The van der Waals surface area contributed by atoms with Crippen molar-refractivity contribution in [3.05, 3.63) is 29.6 Å². The number of rotatable bonds is 6. The zero-order valence-corrected chi connectivity index (χ0v) is 15.7. The molecule has 0 spiro atoms. The van der Waals surface area contributed by atoms with E-state index in [0.29, 0.717) is 12.0 Å². The number of hydrogen-bond acceptors (Lipinski definition) is 4. The van der Waals surface area contributed by atoms with Gasteiger partial charge in [0.15, 0.2) is 0 Å². The smallest absolute Gasteiger partial charge is 0.0450 e. The Bertz CT molecular complexity index is 508. The molecular weight excluding hydrogens is 296 g/mol. The van der Waals surface area contributed by atoms with Crippen LogP contribution in [0.2, 0.25) is 0 Å². The van der Waals surface area contributed by atoms with Gasteiger partial charge in [-0.2, -0.15) is 0 Å². The van der Waals surface area contributed by atoms with Gasteiger partial charge in [0.1, 0.15) is 0 Å². The van der Waals surface area contributed by atoms with E-state index in [1.165, 1.54) is 76.5 Å². The Morgan fingerprint density at radius 1 is 1.08 bits per heavy atom. The molecule has 4 heteroatoms. The van der Waals surface area contributed by atoms with Crippen molar-refractivity contribution in [2.45, 2.75) is 45.6 Å². The first kappa shape index (κ1) is 17.8. The third kappa shape index (κ3) is 4.78. The van der Waals surface area contributed by atoms with E-state index in [9.17, 15) is 0 Å². The summed E-state index contributed by atoms with van der Waals surface area (Å²) in [5.74, 6) is 0.638. The Hall–Kier alpha value is -0.970. The van der Waals surface area contributed by atoms with Crippen molar-refractivity contribution < 1.29 is 0 Å². The average Bonchev–Trinajstić information content (AvgIpc) is 3.04. The van der Waals surface area contributed by atoms with Crippen molar-refractivity contribution in [1.29, 1.82) is 0 Å². The molecule has 0 amide bonds. The molecule has 0 bridgehead atoms. The molecule has 1 atom stereocenters. The maximum Gasteiger partial charge on any atom is 0.0450 e. The summed E-state index contributed by atoms with van der Waals surface area (Å²) in [7, 11) is 0. The highest BCUT2D eigenvalue weighted by Crippen LogP contribution is 2.26. The quantitative estimate of drug-likeness (QED) is 0.799. The largest absolute Gasteiger partial charge is 0.303 e. The lowest BCUT2D eigenvalue weighted by Crippen LogP contribution is -2.49. The predicted octanol–water partition coefficient (Wildman–Crippen LogP) is 2.60. The summed E-state index contributed by atoms with van der Waals surface area (Å²) in [5, 5.41) is 0. The summed E-state index contributed by atoms with van der Waals surface area (Å²) >= 11 is 0. The minimum absolute atomic E-state index is 0.638. The molecule has 1 aromatic rings. The summed E-state index contributed by atoms with van der Waals surface area (Å²) in [6.45, 7) is 16.7. The van der Waals surface area contributed by atoms with Crippen LogP contribution in [0, 0.1) is 6.92 Å². The van der Waals surface area contributed by atoms with Crippen LogP contribution in [0.4, 0.5) is 0 Å². The average molecular weight is 331 g/mol. The van der Waals surface area contributed by atoms with Gasteiger partial charge in [0.05, 0.1) is 0 Å². The number of hydrogen-bond donors (Lipinski definition) is 0. The molecule has 0 aliphatic carbocycles. The minimum atomic E-state index is 0.638. The van der Waals surface area contributed by atoms with E-state index in [4.69, 9.17) is 0 Å². The molecule has 24 heavy (non-hydrogen) atoms. The van der Waals surface area contributed by atoms with Gasteiger partial charge in [-0.25, -0.2) is 0 Å². The van der Waals surface area contributed by atoms with Gasteiger partial charge in [0.2, 0.25) is 0 Å². The van der Waals surface area contributed by atoms with Crippen LogP contribution in [-0.4, -0.2) is 78.1 Å². The number of piperazine rings is 1. The van der Waals surface area contributed by atoms with Gasteiger partial charge >= 0.3 is 0 Å². The van der Waals surface area contributed by atoms with Crippen LogP contribution in [0.5, 0.6) is 0 Å². The van der Waals surface area contributed by atoms with Gasteiger partial charge in [0.25, 0.3) is 0 Å². The first-order chi connectivity index (χ1) is 11.6. The number of nitrogens with zero attached hydrogens (tertiary/aromatic N) is 4. The molecule has 1 aromatic heterocycles. The summed E-state index contributed by atoms with van der Waals surface area (Å²) in [5.41, 5.74) is 2.63. The number of aryl methyl sites for hydroxylation is 1. The van der Waals surface area contributed by atoms with Crippen molar-refractivity contribution in [2.24, 2.45) is 0 Å². The van der Waals surface area contributed by atoms with Gasteiger partial charge in [-0.15, -0.1) is 0 Å². The molecular formula is C20H34N4. The van der Waals surface area contributed by atoms with E-state index in [0.717, 1.165) is 0 Å². The first-order valence-corrected chi connectivity index (χ1v) is 9.73. The van der Waals surface area contributed by atoms with Crippen LogP contribution in [0.15, 0.2) is 18.3 Å². The van der Waals surface area contributed by atoms with Crippen LogP contribution >= 0.6 is 0 Å². The van der Waals surface area contributed by atoms with Crippen LogP contribution in [0.25, 0.3) is 0 Å². The molecule has 2 aliphatic heterocycles. The second-order valence-corrected chi connectivity index (χ2v) is 7.87. The van der Waals surface area contributed by atoms with Crippen LogP contribution in [-0.2, 0) is 0 Å². The molecule has 0 N–H and O–H groups in total. The van der Waals surface area contributed by atoms with Crippen molar-refractivity contribution in [2.75, 3.05) is 52.4 Å². The minimum Gasteiger partial charge on any atom is -0.303 e. The van der Waals surface area contributed by atoms with Gasteiger partial charge < -0.3 is 9.80 Å². The Morgan fingerprint density at radius 3 is 2.54 bits per heavy atom. The highest BCUT2D eigenvalue weighted by Gasteiger charge is 2.25. The van der Waals surface area contributed by atoms with Crippen molar-refractivity contribution >= 4 is 0 Å². The normalized spacial score (nSPS) is 24.1. The number of likely N-dealkylation sites (tertiary alicyclic amines) is 1. The summed E-state index contributed by atoms with van der Waals surface area (Å²) in [4.78, 5) is 12.5. The Balaban J connectivity index is 1.35. The van der Waals surface area contributed by atoms with E-state index in [1.807, 2.05) is 6.20 Å². The zero-order chi connectivity index (χ0) is 16.9. The Labute approximate surface area is 147 Å². The standard InChI is InChI=1S/C20H34N4/c1-17(2)24-13-11-22(12-14-24)8-4-9-23-10-6-19(16-23)20-15-18(3)5-7-21-20/h5,7,15,17,19H,4,6,8-14,16H2,1-3H3/t19-/m0/s1. The summed E-state index contributed by atoms with van der Waals surface area (Å²) in [6.07, 6.45) is 4.53. The fraction of sp³-hybridized carbons (Fsp3) is 0.750. The fourth-order valence-electron chi connectivity index (χ4n) is 4.08. The van der Waals surface area contributed by atoms with E-state index in [1.54, 1.807) is 0 Å². The SMILES string of the molecule is Cc1ccnc([C@H]2CCN(CCCN3CCN(C(C)C)CC3)C2)c1. The van der Waals surface area contributed by atoms with E-state index >= 15 is 0 Å². The molecule has 0 aromatic carbocycles. The lowest BCUT2D eigenvalue weighted by atomic mass is 10.0. The number of aromatic nitrogens is 1. The van der Waals surface area contributed by atoms with Crippen molar-refractivity contribution in [3.63, 3.8) is 0 Å².